The molecule has 1 rings (SSSR count). The molecule has 0 aliphatic rings. The number of methoxy groups -OCH3 is 1. The third kappa shape index (κ3) is 3.67. The zero-order valence-electron chi connectivity index (χ0n) is 9.59. The van der Waals surface area contributed by atoms with E-state index in [1.807, 2.05) is 0 Å². The fraction of sp³-hybridized carbons (Fsp3) is 0.200. The number of hydrogen-bond donors (Lipinski definition) is 2. The summed E-state index contributed by atoms with van der Waals surface area (Å²) in [6.45, 7) is 1.60. The summed E-state index contributed by atoms with van der Waals surface area (Å²) in [6, 6.07) is 0. The summed E-state index contributed by atoms with van der Waals surface area (Å²) in [5.41, 5.74) is 0.435. The second kappa shape index (κ2) is 5.92. The van der Waals surface area contributed by atoms with Crippen molar-refractivity contribution in [3.8, 4) is 0 Å². The number of carboxylic acids is 1. The van der Waals surface area contributed by atoms with Gasteiger partial charge < -0.3 is 9.84 Å². The number of anilines is 1. The number of carbonyl (C=O) groups excluding carboxylic acids is 2. The fourth-order valence-corrected chi connectivity index (χ4v) is 1.91. The highest BCUT2D eigenvalue weighted by atomic mass is 32.1. The van der Waals surface area contributed by atoms with E-state index < -0.39 is 17.8 Å². The standard InChI is InChI=1S/C10H10N2O5S/c1-5-8(9(16)17-2)18-10(11-5)12-6(13)3-4-7(14)15/h3-4H,1-2H3,(H,14,15)(H,11,12,13)/b4-3+. The number of nitrogens with one attached hydrogen (secondary N) is 1. The average Bonchev–Trinajstić information content (AvgIpc) is 2.66. The number of carboxylic acid groups (broad SMARTS) is 1. The van der Waals surface area contributed by atoms with Crippen molar-refractivity contribution in [3.05, 3.63) is 22.7 Å². The predicted octanol–water partition coefficient (Wildman–Crippen LogP) is 0.817. The lowest BCUT2D eigenvalue weighted by Gasteiger charge is -1.94. The molecule has 0 saturated heterocycles. The third-order valence-electron chi connectivity index (χ3n) is 1.77. The molecule has 0 aliphatic carbocycles. The minimum atomic E-state index is -1.23. The molecular formula is C10H10N2O5S. The van der Waals surface area contributed by atoms with Crippen LogP contribution in [0, 0.1) is 6.92 Å². The first-order chi connectivity index (χ1) is 8.43. The van der Waals surface area contributed by atoms with Crippen molar-refractivity contribution < 1.29 is 24.2 Å². The molecule has 0 fully saturated rings. The highest BCUT2D eigenvalue weighted by Gasteiger charge is 2.16. The van der Waals surface area contributed by atoms with Gasteiger partial charge in [-0.2, -0.15) is 0 Å². The van der Waals surface area contributed by atoms with Gasteiger partial charge in [-0.3, -0.25) is 10.1 Å². The molecule has 0 bridgehead atoms. The van der Waals surface area contributed by atoms with Crippen LogP contribution in [0.5, 0.6) is 0 Å². The molecule has 1 heterocycles. The maximum atomic E-state index is 11.3. The maximum Gasteiger partial charge on any atom is 0.350 e. The number of nitrogens with zero attached hydrogens (tertiary/aromatic N) is 1. The summed E-state index contributed by atoms with van der Waals surface area (Å²) >= 11 is 0.956. The smallest absolute Gasteiger partial charge is 0.350 e. The predicted molar refractivity (Wildman–Crippen MR) is 63.6 cm³/mol. The van der Waals surface area contributed by atoms with Crippen LogP contribution in [0.2, 0.25) is 0 Å². The van der Waals surface area contributed by atoms with E-state index in [0.29, 0.717) is 11.8 Å². The molecule has 0 unspecified atom stereocenters. The van der Waals surface area contributed by atoms with Gasteiger partial charge in [0.2, 0.25) is 5.91 Å². The molecule has 0 radical (unpaired) electrons. The summed E-state index contributed by atoms with van der Waals surface area (Å²) in [7, 11) is 1.25. The summed E-state index contributed by atoms with van der Waals surface area (Å²) in [5, 5.41) is 10.9. The Morgan fingerprint density at radius 1 is 1.39 bits per heavy atom. The van der Waals surface area contributed by atoms with Crippen molar-refractivity contribution in [3.63, 3.8) is 0 Å². The Hall–Kier alpha value is -2.22. The van der Waals surface area contributed by atoms with Crippen molar-refractivity contribution in [1.29, 1.82) is 0 Å². The second-order valence-electron chi connectivity index (χ2n) is 3.09. The number of esters is 1. The first-order valence-electron chi connectivity index (χ1n) is 4.71. The van der Waals surface area contributed by atoms with Crippen molar-refractivity contribution in [1.82, 2.24) is 4.98 Å². The van der Waals surface area contributed by atoms with E-state index in [4.69, 9.17) is 5.11 Å². The Balaban J connectivity index is 2.78. The summed E-state index contributed by atoms with van der Waals surface area (Å²) in [6.07, 6.45) is 1.56. The SMILES string of the molecule is COC(=O)c1sc(NC(=O)/C=C/C(=O)O)nc1C. The lowest BCUT2D eigenvalue weighted by atomic mass is 10.4. The van der Waals surface area contributed by atoms with Gasteiger partial charge in [-0.05, 0) is 6.92 Å². The number of aromatic nitrogens is 1. The molecule has 1 aromatic rings. The van der Waals surface area contributed by atoms with Gasteiger partial charge in [-0.15, -0.1) is 0 Å². The second-order valence-corrected chi connectivity index (χ2v) is 4.09. The van der Waals surface area contributed by atoms with Crippen LogP contribution >= 0.6 is 11.3 Å². The van der Waals surface area contributed by atoms with E-state index in [1.54, 1.807) is 6.92 Å². The van der Waals surface area contributed by atoms with E-state index in [1.165, 1.54) is 7.11 Å². The number of carbonyl (C=O) groups is 3. The first kappa shape index (κ1) is 13.8. The van der Waals surface area contributed by atoms with Crippen molar-refractivity contribution in [2.24, 2.45) is 0 Å². The summed E-state index contributed by atoms with van der Waals surface area (Å²) in [4.78, 5) is 37.0. The third-order valence-corrected chi connectivity index (χ3v) is 2.83. The molecule has 7 nitrogen and oxygen atoms in total. The molecule has 1 aromatic heterocycles. The zero-order valence-corrected chi connectivity index (χ0v) is 10.4. The van der Waals surface area contributed by atoms with Crippen molar-refractivity contribution in [2.45, 2.75) is 6.92 Å². The highest BCUT2D eigenvalue weighted by molar-refractivity contribution is 7.17. The van der Waals surface area contributed by atoms with Gasteiger partial charge in [0.05, 0.1) is 12.8 Å². The van der Waals surface area contributed by atoms with Crippen LogP contribution in [0.25, 0.3) is 0 Å². The Morgan fingerprint density at radius 2 is 2.06 bits per heavy atom. The zero-order chi connectivity index (χ0) is 13.7. The molecule has 2 N–H and O–H groups in total. The van der Waals surface area contributed by atoms with Crippen LogP contribution < -0.4 is 5.32 Å². The Kier molecular flexibility index (Phi) is 4.55. The minimum absolute atomic E-state index is 0.202. The van der Waals surface area contributed by atoms with Gasteiger partial charge >= 0.3 is 11.9 Å². The molecule has 0 aromatic carbocycles. The van der Waals surface area contributed by atoms with Crippen molar-refractivity contribution >= 4 is 34.3 Å². The van der Waals surface area contributed by atoms with Crippen LogP contribution in [-0.4, -0.2) is 35.0 Å². The number of hydrogen-bond acceptors (Lipinski definition) is 6. The van der Waals surface area contributed by atoms with Crippen LogP contribution in [0.1, 0.15) is 15.4 Å². The quantitative estimate of drug-likeness (QED) is 0.619. The fourth-order valence-electron chi connectivity index (χ4n) is 1.03. The molecule has 0 spiro atoms. The number of aryl methyl sites for hydroxylation is 1. The monoisotopic (exact) mass is 270 g/mol. The summed E-state index contributed by atoms with van der Waals surface area (Å²) < 4.78 is 4.54. The lowest BCUT2D eigenvalue weighted by molar-refractivity contribution is -0.131. The molecule has 96 valence electrons. The molecule has 0 atom stereocenters. The Bertz CT molecular complexity index is 520. The van der Waals surface area contributed by atoms with Crippen LogP contribution in [-0.2, 0) is 14.3 Å². The number of thiazole rings is 1. The average molecular weight is 270 g/mol. The number of aliphatic carboxylic acids is 1. The molecule has 8 heteroatoms. The van der Waals surface area contributed by atoms with Gasteiger partial charge in [0.1, 0.15) is 4.88 Å². The van der Waals surface area contributed by atoms with E-state index >= 15 is 0 Å². The van der Waals surface area contributed by atoms with E-state index in [0.717, 1.165) is 17.4 Å². The maximum absolute atomic E-state index is 11.3. The van der Waals surface area contributed by atoms with Crippen molar-refractivity contribution in [2.75, 3.05) is 12.4 Å². The molecule has 0 saturated carbocycles. The Labute approximate surface area is 106 Å². The van der Waals surface area contributed by atoms with Gasteiger partial charge in [0.25, 0.3) is 0 Å². The van der Waals surface area contributed by atoms with E-state index in [2.05, 4.69) is 15.0 Å². The number of amides is 1. The molecule has 18 heavy (non-hydrogen) atoms. The van der Waals surface area contributed by atoms with Crippen LogP contribution in [0.4, 0.5) is 5.13 Å². The molecule has 0 aliphatic heterocycles. The lowest BCUT2D eigenvalue weighted by Crippen LogP contribution is -2.08. The van der Waals surface area contributed by atoms with Crippen LogP contribution in [0.15, 0.2) is 12.2 Å². The normalized spacial score (nSPS) is 10.3. The minimum Gasteiger partial charge on any atom is -0.478 e. The topological polar surface area (TPSA) is 106 Å². The Morgan fingerprint density at radius 3 is 2.61 bits per heavy atom. The molecule has 1 amide bonds. The molecular weight excluding hydrogens is 260 g/mol. The first-order valence-corrected chi connectivity index (χ1v) is 5.53. The van der Waals surface area contributed by atoms with Gasteiger partial charge in [0, 0.05) is 12.2 Å². The van der Waals surface area contributed by atoms with E-state index in [9.17, 15) is 14.4 Å². The van der Waals surface area contributed by atoms with Crippen LogP contribution in [0.3, 0.4) is 0 Å². The highest BCUT2D eigenvalue weighted by Crippen LogP contribution is 2.23. The van der Waals surface area contributed by atoms with Gasteiger partial charge in [0.15, 0.2) is 5.13 Å². The van der Waals surface area contributed by atoms with Gasteiger partial charge in [-0.25, -0.2) is 14.6 Å². The largest absolute Gasteiger partial charge is 0.478 e. The van der Waals surface area contributed by atoms with Gasteiger partial charge in [-0.1, -0.05) is 11.3 Å². The summed E-state index contributed by atoms with van der Waals surface area (Å²) in [5.74, 6) is -2.40. The number of rotatable bonds is 4. The number of ether oxygens (including phenoxy) is 1. The van der Waals surface area contributed by atoms with E-state index in [-0.39, 0.29) is 10.0 Å².